The second-order valence-electron chi connectivity index (χ2n) is 3.31. The molecule has 67 valence electrons. The van der Waals surface area contributed by atoms with Gasteiger partial charge in [-0.1, -0.05) is 0 Å². The lowest BCUT2D eigenvalue weighted by molar-refractivity contribution is 0.548. The number of benzene rings is 1. The van der Waals surface area contributed by atoms with Crippen LogP contribution in [-0.2, 0) is 0 Å². The number of hydrogen-bond donors (Lipinski definition) is 0. The van der Waals surface area contributed by atoms with E-state index in [0.717, 1.165) is 10.9 Å². The molecule has 0 fully saturated rings. The van der Waals surface area contributed by atoms with E-state index >= 15 is 0 Å². The fraction of sp³-hybridized carbons (Fsp3) is 0.300. The Balaban J connectivity index is 2.71. The van der Waals surface area contributed by atoms with Gasteiger partial charge in [0.1, 0.15) is 12.0 Å². The molecule has 3 heteroatoms. The highest BCUT2D eigenvalue weighted by Gasteiger charge is 2.06. The van der Waals surface area contributed by atoms with Gasteiger partial charge in [-0.2, -0.15) is 5.10 Å². The van der Waals surface area contributed by atoms with Crippen LogP contribution in [0.15, 0.2) is 18.2 Å². The smallest absolute Gasteiger partial charge is 0.125 e. The second kappa shape index (κ2) is 2.83. The highest BCUT2D eigenvalue weighted by Crippen LogP contribution is 2.17. The van der Waals surface area contributed by atoms with Gasteiger partial charge in [-0.05, 0) is 32.0 Å². The Kier molecular flexibility index (Phi) is 1.79. The standard InChI is InChI=1S/C10H10FN2/c1-7(2)13-10-5-9(11)4-3-8(10)6-12-13/h3-5,7H,1-2H3. The van der Waals surface area contributed by atoms with Crippen LogP contribution in [0.5, 0.6) is 0 Å². The largest absolute Gasteiger partial charge is 0.262 e. The van der Waals surface area contributed by atoms with Crippen molar-refractivity contribution in [1.82, 2.24) is 9.78 Å². The first-order chi connectivity index (χ1) is 6.18. The second-order valence-corrected chi connectivity index (χ2v) is 3.31. The third-order valence-electron chi connectivity index (χ3n) is 1.97. The van der Waals surface area contributed by atoms with E-state index in [1.807, 2.05) is 13.8 Å². The fourth-order valence-electron chi connectivity index (χ4n) is 1.34. The molecule has 0 aliphatic carbocycles. The van der Waals surface area contributed by atoms with E-state index in [9.17, 15) is 4.39 Å². The van der Waals surface area contributed by atoms with Crippen molar-refractivity contribution in [3.8, 4) is 0 Å². The monoisotopic (exact) mass is 177 g/mol. The zero-order valence-corrected chi connectivity index (χ0v) is 7.58. The lowest BCUT2D eigenvalue weighted by Crippen LogP contribution is -2.01. The van der Waals surface area contributed by atoms with Gasteiger partial charge in [0.15, 0.2) is 0 Å². The zero-order chi connectivity index (χ0) is 9.42. The summed E-state index contributed by atoms with van der Waals surface area (Å²) in [6.07, 6.45) is 2.84. The van der Waals surface area contributed by atoms with Crippen LogP contribution in [0, 0.1) is 12.0 Å². The van der Waals surface area contributed by atoms with Gasteiger partial charge in [-0.25, -0.2) is 4.39 Å². The van der Waals surface area contributed by atoms with Crippen LogP contribution in [-0.4, -0.2) is 9.78 Å². The van der Waals surface area contributed by atoms with Crippen LogP contribution in [0.1, 0.15) is 19.9 Å². The summed E-state index contributed by atoms with van der Waals surface area (Å²) in [5.74, 6) is -0.233. The molecule has 0 aliphatic rings. The summed E-state index contributed by atoms with van der Waals surface area (Å²) in [6, 6.07) is 4.83. The Hall–Kier alpha value is -1.38. The minimum absolute atomic E-state index is 0.232. The fourth-order valence-corrected chi connectivity index (χ4v) is 1.34. The lowest BCUT2D eigenvalue weighted by atomic mass is 10.2. The predicted molar refractivity (Wildman–Crippen MR) is 48.9 cm³/mol. The summed E-state index contributed by atoms with van der Waals surface area (Å²) in [7, 11) is 0. The van der Waals surface area contributed by atoms with Gasteiger partial charge in [0, 0.05) is 11.4 Å². The molecule has 1 aromatic carbocycles. The number of aromatic nitrogens is 2. The van der Waals surface area contributed by atoms with E-state index < -0.39 is 0 Å². The molecule has 1 heterocycles. The number of rotatable bonds is 1. The first kappa shape index (κ1) is 8.23. The van der Waals surface area contributed by atoms with Crippen LogP contribution in [0.3, 0.4) is 0 Å². The van der Waals surface area contributed by atoms with Crippen LogP contribution >= 0.6 is 0 Å². The third kappa shape index (κ3) is 1.30. The molecule has 0 saturated heterocycles. The highest BCUT2D eigenvalue weighted by molar-refractivity contribution is 5.77. The molecular weight excluding hydrogens is 167 g/mol. The summed E-state index contributed by atoms with van der Waals surface area (Å²) >= 11 is 0. The molecule has 2 nitrogen and oxygen atoms in total. The van der Waals surface area contributed by atoms with E-state index in [1.54, 1.807) is 10.7 Å². The predicted octanol–water partition coefficient (Wildman–Crippen LogP) is 2.56. The molecule has 0 amide bonds. The van der Waals surface area contributed by atoms with E-state index in [0.29, 0.717) is 0 Å². The first-order valence-electron chi connectivity index (χ1n) is 4.24. The van der Waals surface area contributed by atoms with Gasteiger partial charge < -0.3 is 0 Å². The Bertz CT molecular complexity index is 431. The number of fused-ring (bicyclic) bond motifs is 1. The Labute approximate surface area is 76.0 Å². The van der Waals surface area contributed by atoms with Gasteiger partial charge in [0.25, 0.3) is 0 Å². The lowest BCUT2D eigenvalue weighted by Gasteiger charge is -2.06. The van der Waals surface area contributed by atoms with Crippen molar-refractivity contribution >= 4 is 10.9 Å². The zero-order valence-electron chi connectivity index (χ0n) is 7.58. The van der Waals surface area contributed by atoms with Crippen LogP contribution in [0.25, 0.3) is 10.9 Å². The molecule has 0 atom stereocenters. The summed E-state index contributed by atoms with van der Waals surface area (Å²) < 4.78 is 14.7. The van der Waals surface area contributed by atoms with Crippen molar-refractivity contribution in [3.05, 3.63) is 30.2 Å². The maximum atomic E-state index is 12.9. The molecule has 0 unspecified atom stereocenters. The van der Waals surface area contributed by atoms with Crippen molar-refractivity contribution < 1.29 is 4.39 Å². The van der Waals surface area contributed by atoms with E-state index in [-0.39, 0.29) is 11.9 Å². The molecular formula is C10H10FN2. The van der Waals surface area contributed by atoms with Gasteiger partial charge in [0.2, 0.25) is 0 Å². The molecule has 0 saturated carbocycles. The van der Waals surface area contributed by atoms with E-state index in [2.05, 4.69) is 11.3 Å². The van der Waals surface area contributed by atoms with Crippen molar-refractivity contribution in [2.45, 2.75) is 19.9 Å². The summed E-state index contributed by atoms with van der Waals surface area (Å²) in [4.78, 5) is 0. The molecule has 2 rings (SSSR count). The SMILES string of the molecule is CC(C)n1n[c]c2ccc(F)cc21. The van der Waals surface area contributed by atoms with Crippen molar-refractivity contribution in [2.75, 3.05) is 0 Å². The van der Waals surface area contributed by atoms with Crippen molar-refractivity contribution in [1.29, 1.82) is 0 Å². The molecule has 2 aromatic rings. The topological polar surface area (TPSA) is 17.8 Å². The quantitative estimate of drug-likeness (QED) is 0.654. The minimum atomic E-state index is -0.233. The average molecular weight is 177 g/mol. The van der Waals surface area contributed by atoms with Gasteiger partial charge in [-0.15, -0.1) is 0 Å². The summed E-state index contributed by atoms with van der Waals surface area (Å²) in [5, 5.41) is 4.92. The molecule has 1 aromatic heterocycles. The van der Waals surface area contributed by atoms with Gasteiger partial charge >= 0.3 is 0 Å². The summed E-state index contributed by atoms with van der Waals surface area (Å²) in [6.45, 7) is 4.01. The Morgan fingerprint density at radius 3 is 2.92 bits per heavy atom. The van der Waals surface area contributed by atoms with E-state index in [4.69, 9.17) is 0 Å². The van der Waals surface area contributed by atoms with E-state index in [1.165, 1.54) is 12.1 Å². The van der Waals surface area contributed by atoms with Crippen molar-refractivity contribution in [3.63, 3.8) is 0 Å². The van der Waals surface area contributed by atoms with Gasteiger partial charge in [-0.3, -0.25) is 4.68 Å². The number of nitrogens with zero attached hydrogens (tertiary/aromatic N) is 2. The van der Waals surface area contributed by atoms with Crippen LogP contribution < -0.4 is 0 Å². The highest BCUT2D eigenvalue weighted by atomic mass is 19.1. The van der Waals surface area contributed by atoms with Gasteiger partial charge in [0.05, 0.1) is 5.52 Å². The molecule has 1 radical (unpaired) electrons. The molecule has 0 N–H and O–H groups in total. The maximum Gasteiger partial charge on any atom is 0.125 e. The first-order valence-corrected chi connectivity index (χ1v) is 4.24. The molecule has 0 aliphatic heterocycles. The molecule has 0 bridgehead atoms. The Morgan fingerprint density at radius 2 is 2.23 bits per heavy atom. The van der Waals surface area contributed by atoms with Crippen LogP contribution in [0.2, 0.25) is 0 Å². The number of hydrogen-bond acceptors (Lipinski definition) is 1. The summed E-state index contributed by atoms with van der Waals surface area (Å²) in [5.41, 5.74) is 0.801. The molecule has 13 heavy (non-hydrogen) atoms. The molecule has 0 spiro atoms. The normalized spacial score (nSPS) is 11.4. The van der Waals surface area contributed by atoms with Crippen molar-refractivity contribution in [2.24, 2.45) is 0 Å². The average Bonchev–Trinajstić information content (AvgIpc) is 2.46. The third-order valence-corrected chi connectivity index (χ3v) is 1.97. The maximum absolute atomic E-state index is 12.9. The van der Waals surface area contributed by atoms with Crippen LogP contribution in [0.4, 0.5) is 4.39 Å². The number of halogens is 1. The minimum Gasteiger partial charge on any atom is -0.262 e. The Morgan fingerprint density at radius 1 is 1.46 bits per heavy atom.